The first-order chi connectivity index (χ1) is 14.0. The van der Waals surface area contributed by atoms with E-state index >= 15 is 0 Å². The standard InChI is InChI=1S/C21H20ClN5O2/c1-25-19-18(20(28)26(2)21(25)29)27(13-14-8-10-15(22)11-9-14)17(24-19)12-23-16-6-4-3-5-7-16/h3-11,23H,12-13H2,1-2H3. The van der Waals surface area contributed by atoms with Crippen LogP contribution in [0.15, 0.2) is 64.2 Å². The minimum Gasteiger partial charge on any atom is -0.378 e. The Morgan fingerprint density at radius 2 is 1.66 bits per heavy atom. The van der Waals surface area contributed by atoms with E-state index in [0.717, 1.165) is 15.8 Å². The van der Waals surface area contributed by atoms with Crippen LogP contribution < -0.4 is 16.6 Å². The number of hydrogen-bond acceptors (Lipinski definition) is 4. The first kappa shape index (κ1) is 19.0. The molecule has 0 aliphatic carbocycles. The third-order valence-corrected chi connectivity index (χ3v) is 5.16. The third-order valence-electron chi connectivity index (χ3n) is 4.91. The fraction of sp³-hybridized carbons (Fsp3) is 0.190. The Morgan fingerprint density at radius 1 is 0.966 bits per heavy atom. The molecule has 0 saturated carbocycles. The van der Waals surface area contributed by atoms with Gasteiger partial charge in [-0.2, -0.15) is 0 Å². The molecule has 1 N–H and O–H groups in total. The number of halogens is 1. The van der Waals surface area contributed by atoms with Crippen LogP contribution in [0.4, 0.5) is 5.69 Å². The van der Waals surface area contributed by atoms with Crippen LogP contribution >= 0.6 is 11.6 Å². The summed E-state index contributed by atoms with van der Waals surface area (Å²) in [7, 11) is 3.10. The highest BCUT2D eigenvalue weighted by Gasteiger charge is 2.19. The molecule has 8 heteroatoms. The summed E-state index contributed by atoms with van der Waals surface area (Å²) in [6.07, 6.45) is 0. The average molecular weight is 410 g/mol. The molecule has 29 heavy (non-hydrogen) atoms. The molecule has 7 nitrogen and oxygen atoms in total. The molecule has 0 radical (unpaired) electrons. The van der Waals surface area contributed by atoms with Crippen molar-refractivity contribution in [3.63, 3.8) is 0 Å². The number of nitrogens with zero attached hydrogens (tertiary/aromatic N) is 4. The summed E-state index contributed by atoms with van der Waals surface area (Å²) in [5.74, 6) is 0.664. The van der Waals surface area contributed by atoms with Crippen LogP contribution in [0.5, 0.6) is 0 Å². The predicted molar refractivity (Wildman–Crippen MR) is 115 cm³/mol. The van der Waals surface area contributed by atoms with Gasteiger partial charge in [0.1, 0.15) is 5.82 Å². The Morgan fingerprint density at radius 3 is 2.34 bits per heavy atom. The van der Waals surface area contributed by atoms with Crippen molar-refractivity contribution >= 4 is 28.5 Å². The smallest absolute Gasteiger partial charge is 0.332 e. The summed E-state index contributed by atoms with van der Waals surface area (Å²) in [4.78, 5) is 29.9. The van der Waals surface area contributed by atoms with Crippen molar-refractivity contribution in [2.45, 2.75) is 13.1 Å². The zero-order valence-corrected chi connectivity index (χ0v) is 16.8. The molecule has 4 rings (SSSR count). The quantitative estimate of drug-likeness (QED) is 0.550. The van der Waals surface area contributed by atoms with E-state index < -0.39 is 5.69 Å². The lowest BCUT2D eigenvalue weighted by Gasteiger charge is -2.11. The Balaban J connectivity index is 1.85. The molecule has 4 aromatic rings. The predicted octanol–water partition coefficient (Wildman–Crippen LogP) is 2.75. The van der Waals surface area contributed by atoms with Crippen molar-refractivity contribution in [2.24, 2.45) is 14.1 Å². The maximum atomic E-state index is 12.9. The fourth-order valence-electron chi connectivity index (χ4n) is 3.31. The highest BCUT2D eigenvalue weighted by Crippen LogP contribution is 2.17. The van der Waals surface area contributed by atoms with Gasteiger partial charge in [-0.3, -0.25) is 13.9 Å². The van der Waals surface area contributed by atoms with Crippen molar-refractivity contribution in [1.82, 2.24) is 18.7 Å². The van der Waals surface area contributed by atoms with Crippen molar-refractivity contribution < 1.29 is 0 Å². The van der Waals surface area contributed by atoms with E-state index in [1.165, 1.54) is 11.6 Å². The van der Waals surface area contributed by atoms with Crippen LogP contribution in [0.2, 0.25) is 5.02 Å². The van der Waals surface area contributed by atoms with Crippen LogP contribution in [0, 0.1) is 0 Å². The molecular formula is C21H20ClN5O2. The van der Waals surface area contributed by atoms with Gasteiger partial charge in [-0.15, -0.1) is 0 Å². The van der Waals surface area contributed by atoms with E-state index in [0.29, 0.717) is 35.1 Å². The number of rotatable bonds is 5. The molecule has 0 aliphatic rings. The number of aryl methyl sites for hydroxylation is 1. The van der Waals surface area contributed by atoms with Gasteiger partial charge in [-0.25, -0.2) is 9.78 Å². The highest BCUT2D eigenvalue weighted by atomic mass is 35.5. The van der Waals surface area contributed by atoms with Crippen LogP contribution in [0.3, 0.4) is 0 Å². The monoisotopic (exact) mass is 409 g/mol. The SMILES string of the molecule is Cn1c(=O)c2c(nc(CNc3ccccc3)n2Cc2ccc(Cl)cc2)n(C)c1=O. The lowest BCUT2D eigenvalue weighted by atomic mass is 10.2. The van der Waals surface area contributed by atoms with Crippen LogP contribution in [-0.4, -0.2) is 18.7 Å². The molecule has 2 heterocycles. The molecule has 0 unspecified atom stereocenters. The molecule has 0 atom stereocenters. The largest absolute Gasteiger partial charge is 0.378 e. The summed E-state index contributed by atoms with van der Waals surface area (Å²) in [6.45, 7) is 0.844. The minimum absolute atomic E-state index is 0.365. The average Bonchev–Trinajstić information content (AvgIpc) is 3.10. The molecule has 0 spiro atoms. The second-order valence-electron chi connectivity index (χ2n) is 6.84. The van der Waals surface area contributed by atoms with Crippen LogP contribution in [-0.2, 0) is 27.2 Å². The van der Waals surface area contributed by atoms with Crippen molar-refractivity contribution in [3.05, 3.63) is 91.8 Å². The fourth-order valence-corrected chi connectivity index (χ4v) is 3.43. The molecule has 0 aliphatic heterocycles. The van der Waals surface area contributed by atoms with Gasteiger partial charge >= 0.3 is 5.69 Å². The molecule has 2 aromatic carbocycles. The van der Waals surface area contributed by atoms with Gasteiger partial charge in [-0.05, 0) is 29.8 Å². The number of nitrogens with one attached hydrogen (secondary N) is 1. The Kier molecular flexibility index (Phi) is 4.98. The number of aromatic nitrogens is 4. The van der Waals surface area contributed by atoms with Gasteiger partial charge in [-0.1, -0.05) is 41.9 Å². The Hall–Kier alpha value is -3.32. The first-order valence-corrected chi connectivity index (χ1v) is 9.52. The van der Waals surface area contributed by atoms with E-state index in [1.807, 2.05) is 59.2 Å². The summed E-state index contributed by atoms with van der Waals surface area (Å²) in [5.41, 5.74) is 1.92. The number of anilines is 1. The number of benzene rings is 2. The van der Waals surface area contributed by atoms with Crippen LogP contribution in [0.25, 0.3) is 11.2 Å². The lowest BCUT2D eigenvalue weighted by molar-refractivity contribution is 0.700. The summed E-state index contributed by atoms with van der Waals surface area (Å²) < 4.78 is 4.37. The van der Waals surface area contributed by atoms with Gasteiger partial charge in [0.15, 0.2) is 11.2 Å². The van der Waals surface area contributed by atoms with E-state index in [9.17, 15) is 9.59 Å². The van der Waals surface area contributed by atoms with Gasteiger partial charge in [0.05, 0.1) is 6.54 Å². The molecule has 2 aromatic heterocycles. The number of imidazole rings is 1. The molecule has 148 valence electrons. The topological polar surface area (TPSA) is 73.8 Å². The Bertz CT molecular complexity index is 1290. The molecular weight excluding hydrogens is 390 g/mol. The second-order valence-corrected chi connectivity index (χ2v) is 7.27. The molecule has 0 bridgehead atoms. The number of para-hydroxylation sites is 1. The van der Waals surface area contributed by atoms with E-state index in [-0.39, 0.29) is 5.56 Å². The zero-order valence-electron chi connectivity index (χ0n) is 16.1. The third kappa shape index (κ3) is 3.56. The van der Waals surface area contributed by atoms with Crippen LogP contribution in [0.1, 0.15) is 11.4 Å². The Labute approximate surface area is 171 Å². The molecule has 0 saturated heterocycles. The molecule has 0 amide bonds. The normalized spacial score (nSPS) is 11.1. The summed E-state index contributed by atoms with van der Waals surface area (Å²) in [5, 5.41) is 3.97. The van der Waals surface area contributed by atoms with Crippen molar-refractivity contribution in [1.29, 1.82) is 0 Å². The highest BCUT2D eigenvalue weighted by molar-refractivity contribution is 6.30. The van der Waals surface area contributed by atoms with Crippen molar-refractivity contribution in [2.75, 3.05) is 5.32 Å². The maximum absolute atomic E-state index is 12.9. The number of fused-ring (bicyclic) bond motifs is 1. The molecule has 0 fully saturated rings. The maximum Gasteiger partial charge on any atom is 0.332 e. The van der Waals surface area contributed by atoms with E-state index in [4.69, 9.17) is 11.6 Å². The first-order valence-electron chi connectivity index (χ1n) is 9.14. The van der Waals surface area contributed by atoms with E-state index in [2.05, 4.69) is 10.3 Å². The second kappa shape index (κ2) is 7.60. The van der Waals surface area contributed by atoms with Gasteiger partial charge in [0, 0.05) is 31.4 Å². The summed E-state index contributed by atoms with van der Waals surface area (Å²) >= 11 is 6.00. The minimum atomic E-state index is -0.402. The van der Waals surface area contributed by atoms with E-state index in [1.54, 1.807) is 7.05 Å². The van der Waals surface area contributed by atoms with Crippen molar-refractivity contribution in [3.8, 4) is 0 Å². The van der Waals surface area contributed by atoms with Gasteiger partial charge in [0.2, 0.25) is 0 Å². The summed E-state index contributed by atoms with van der Waals surface area (Å²) in [6, 6.07) is 17.2. The lowest BCUT2D eigenvalue weighted by Crippen LogP contribution is -2.37. The zero-order chi connectivity index (χ0) is 20.5. The number of hydrogen-bond donors (Lipinski definition) is 1. The van der Waals surface area contributed by atoms with Gasteiger partial charge < -0.3 is 9.88 Å². The van der Waals surface area contributed by atoms with Gasteiger partial charge in [0.25, 0.3) is 5.56 Å².